The number of carbonyl (C=O) groups is 2. The molecule has 2 unspecified atom stereocenters. The molecule has 2 aliphatic heterocycles. The average Bonchev–Trinajstić information content (AvgIpc) is 2.97. The summed E-state index contributed by atoms with van der Waals surface area (Å²) in [4.78, 5) is 26.6. The minimum Gasteiger partial charge on any atom is -0.444 e. The second-order valence-electron chi connectivity index (χ2n) is 10.1. The third kappa shape index (κ3) is 4.80. The molecule has 1 amide bonds. The topological polar surface area (TPSA) is 58.6 Å². The molecule has 2 heterocycles. The first-order valence-electron chi connectivity index (χ1n) is 13.2. The van der Waals surface area contributed by atoms with Gasteiger partial charge >= 0.3 is 6.09 Å². The van der Waals surface area contributed by atoms with Gasteiger partial charge in [-0.05, 0) is 52.8 Å². The predicted octanol–water partition coefficient (Wildman–Crippen LogP) is 7.13. The maximum atomic E-state index is 12.8. The van der Waals surface area contributed by atoms with E-state index >= 15 is 0 Å². The van der Waals surface area contributed by atoms with Crippen LogP contribution in [0.2, 0.25) is 0 Å². The molecule has 4 aromatic rings. The van der Waals surface area contributed by atoms with Crippen molar-refractivity contribution in [3.05, 3.63) is 130 Å². The summed E-state index contributed by atoms with van der Waals surface area (Å²) in [6.07, 6.45) is 2.42. The minimum atomic E-state index is -0.465. The fraction of sp³-hybridized carbons (Fsp3) is 0.212. The van der Waals surface area contributed by atoms with Crippen LogP contribution in [0, 0.1) is 0 Å². The van der Waals surface area contributed by atoms with Crippen molar-refractivity contribution in [2.45, 2.75) is 31.3 Å². The van der Waals surface area contributed by atoms with E-state index in [0.717, 1.165) is 43.5 Å². The normalized spacial score (nSPS) is 17.8. The van der Waals surface area contributed by atoms with E-state index in [-0.39, 0.29) is 18.4 Å². The Kier molecular flexibility index (Phi) is 6.65. The van der Waals surface area contributed by atoms with Crippen molar-refractivity contribution < 1.29 is 14.3 Å². The van der Waals surface area contributed by atoms with Crippen LogP contribution < -0.4 is 10.2 Å². The van der Waals surface area contributed by atoms with Crippen molar-refractivity contribution >= 4 is 23.8 Å². The lowest BCUT2D eigenvalue weighted by atomic mass is 9.76. The molecule has 2 aliphatic rings. The summed E-state index contributed by atoms with van der Waals surface area (Å²) in [5.41, 5.74) is 8.58. The lowest BCUT2D eigenvalue weighted by molar-refractivity contribution is 0.112. The Hall–Kier alpha value is -4.38. The minimum absolute atomic E-state index is 0.178. The van der Waals surface area contributed by atoms with Gasteiger partial charge in [0.25, 0.3) is 0 Å². The molecule has 0 saturated carbocycles. The molecule has 5 heteroatoms. The average molecular weight is 503 g/mol. The van der Waals surface area contributed by atoms with Gasteiger partial charge in [-0.25, -0.2) is 4.79 Å². The molecular weight excluding hydrogens is 472 g/mol. The summed E-state index contributed by atoms with van der Waals surface area (Å²) in [5.74, 6) is 0.428. The van der Waals surface area contributed by atoms with Crippen LogP contribution in [-0.2, 0) is 11.3 Å². The van der Waals surface area contributed by atoms with Crippen molar-refractivity contribution in [3.63, 3.8) is 0 Å². The number of benzene rings is 4. The molecule has 0 bridgehead atoms. The zero-order chi connectivity index (χ0) is 25.9. The molecule has 5 nitrogen and oxygen atoms in total. The Morgan fingerprint density at radius 2 is 1.39 bits per heavy atom. The summed E-state index contributed by atoms with van der Waals surface area (Å²) in [6.45, 7) is 2.20. The molecule has 6 rings (SSSR count). The maximum Gasteiger partial charge on any atom is 0.411 e. The summed E-state index contributed by atoms with van der Waals surface area (Å²) in [6, 6.07) is 32.4. The highest BCUT2D eigenvalue weighted by atomic mass is 16.5. The Bertz CT molecular complexity index is 1430. The molecule has 4 aromatic carbocycles. The Morgan fingerprint density at radius 3 is 2.00 bits per heavy atom. The zero-order valence-electron chi connectivity index (χ0n) is 21.2. The largest absolute Gasteiger partial charge is 0.444 e. The van der Waals surface area contributed by atoms with Gasteiger partial charge in [-0.2, -0.15) is 0 Å². The first-order valence-corrected chi connectivity index (χ1v) is 13.2. The number of aldehydes is 1. The summed E-state index contributed by atoms with van der Waals surface area (Å²) in [7, 11) is 0. The van der Waals surface area contributed by atoms with Crippen molar-refractivity contribution in [1.82, 2.24) is 0 Å². The van der Waals surface area contributed by atoms with E-state index in [2.05, 4.69) is 58.7 Å². The number of amides is 1. The van der Waals surface area contributed by atoms with E-state index < -0.39 is 6.09 Å². The molecule has 38 heavy (non-hydrogen) atoms. The number of rotatable bonds is 6. The van der Waals surface area contributed by atoms with Gasteiger partial charge in [-0.3, -0.25) is 10.1 Å². The van der Waals surface area contributed by atoms with E-state index in [1.807, 2.05) is 48.5 Å². The van der Waals surface area contributed by atoms with Gasteiger partial charge in [0.05, 0.1) is 0 Å². The van der Waals surface area contributed by atoms with Crippen molar-refractivity contribution in [3.8, 4) is 0 Å². The quantitative estimate of drug-likeness (QED) is 0.285. The molecule has 0 radical (unpaired) electrons. The lowest BCUT2D eigenvalue weighted by Crippen LogP contribution is -2.37. The number of hydrogen-bond donors (Lipinski definition) is 1. The zero-order valence-corrected chi connectivity index (χ0v) is 21.2. The van der Waals surface area contributed by atoms with Crippen LogP contribution in [-0.4, -0.2) is 25.5 Å². The van der Waals surface area contributed by atoms with Crippen LogP contribution in [0.5, 0.6) is 0 Å². The van der Waals surface area contributed by atoms with Crippen LogP contribution in [0.25, 0.3) is 0 Å². The van der Waals surface area contributed by atoms with E-state index in [0.29, 0.717) is 5.56 Å². The molecule has 0 aromatic heterocycles. The summed E-state index contributed by atoms with van der Waals surface area (Å²) < 4.78 is 5.54. The standard InChI is InChI=1S/C33H30N2O3/c36-21-23-11-13-26(14-12-23)29-16-18-35-17-15-28(25-9-5-2-6-10-25)30-19-27(20-31(29)32(30)35)34-33(37)38-22-24-7-3-1-4-8-24/h1-14,19-21,28-29H,15-18,22H2,(H,34,37). The molecule has 0 saturated heterocycles. The Labute approximate surface area is 223 Å². The maximum absolute atomic E-state index is 12.8. The number of hydrogen-bond acceptors (Lipinski definition) is 4. The van der Waals surface area contributed by atoms with Crippen LogP contribution in [0.1, 0.15) is 62.9 Å². The Morgan fingerprint density at radius 1 is 0.816 bits per heavy atom. The highest BCUT2D eigenvalue weighted by molar-refractivity contribution is 5.86. The van der Waals surface area contributed by atoms with Gasteiger partial charge in [0.15, 0.2) is 0 Å². The van der Waals surface area contributed by atoms with E-state index in [9.17, 15) is 9.59 Å². The summed E-state index contributed by atoms with van der Waals surface area (Å²) >= 11 is 0. The lowest BCUT2D eigenvalue weighted by Gasteiger charge is -2.43. The predicted molar refractivity (Wildman–Crippen MR) is 150 cm³/mol. The fourth-order valence-electron chi connectivity index (χ4n) is 5.93. The third-order valence-corrected chi connectivity index (χ3v) is 7.75. The van der Waals surface area contributed by atoms with Gasteiger partial charge in [-0.15, -0.1) is 0 Å². The van der Waals surface area contributed by atoms with Gasteiger partial charge in [-0.1, -0.05) is 84.9 Å². The Balaban J connectivity index is 1.38. The van der Waals surface area contributed by atoms with Crippen LogP contribution in [0.3, 0.4) is 0 Å². The van der Waals surface area contributed by atoms with E-state index in [1.165, 1.54) is 27.9 Å². The number of anilines is 2. The SMILES string of the molecule is O=Cc1ccc(C2CCN3CCC(c4ccccc4)c4cc(NC(=O)OCc5ccccc5)cc2c43)cc1. The monoisotopic (exact) mass is 502 g/mol. The second-order valence-corrected chi connectivity index (χ2v) is 10.1. The highest BCUT2D eigenvalue weighted by Crippen LogP contribution is 2.49. The van der Waals surface area contributed by atoms with E-state index in [4.69, 9.17) is 4.74 Å². The first-order chi connectivity index (χ1) is 18.7. The number of ether oxygens (including phenoxy) is 1. The van der Waals surface area contributed by atoms with Gasteiger partial charge in [0.2, 0.25) is 0 Å². The third-order valence-electron chi connectivity index (χ3n) is 7.75. The number of nitrogens with zero attached hydrogens (tertiary/aromatic N) is 1. The van der Waals surface area contributed by atoms with Crippen LogP contribution >= 0.6 is 0 Å². The second kappa shape index (κ2) is 10.5. The van der Waals surface area contributed by atoms with Gasteiger partial charge in [0.1, 0.15) is 12.9 Å². The van der Waals surface area contributed by atoms with Gasteiger partial charge in [0, 0.05) is 41.9 Å². The molecular formula is C33H30N2O3. The fourth-order valence-corrected chi connectivity index (χ4v) is 5.93. The molecule has 190 valence electrons. The summed E-state index contributed by atoms with van der Waals surface area (Å²) in [5, 5.41) is 3.01. The molecule has 0 fully saturated rings. The van der Waals surface area contributed by atoms with Crippen molar-refractivity contribution in [2.75, 3.05) is 23.3 Å². The molecule has 1 N–H and O–H groups in total. The first kappa shape index (κ1) is 24.0. The van der Waals surface area contributed by atoms with Gasteiger partial charge < -0.3 is 9.64 Å². The molecule has 0 aliphatic carbocycles. The molecule has 2 atom stereocenters. The molecule has 0 spiro atoms. The van der Waals surface area contributed by atoms with Crippen LogP contribution in [0.15, 0.2) is 97.1 Å². The highest BCUT2D eigenvalue weighted by Gasteiger charge is 2.35. The van der Waals surface area contributed by atoms with Crippen molar-refractivity contribution in [2.24, 2.45) is 0 Å². The number of nitrogens with one attached hydrogen (secondary N) is 1. The number of carbonyl (C=O) groups excluding carboxylic acids is 2. The van der Waals surface area contributed by atoms with Crippen LogP contribution in [0.4, 0.5) is 16.2 Å². The smallest absolute Gasteiger partial charge is 0.411 e. The van der Waals surface area contributed by atoms with Crippen molar-refractivity contribution in [1.29, 1.82) is 0 Å². The van der Waals surface area contributed by atoms with E-state index in [1.54, 1.807) is 0 Å².